The first-order chi connectivity index (χ1) is 7.66. The molecule has 0 unspecified atom stereocenters. The van der Waals surface area contributed by atoms with Crippen LogP contribution in [0.2, 0.25) is 0 Å². The lowest BCUT2D eigenvalue weighted by atomic mass is 10.9. The molecule has 0 aliphatic heterocycles. The van der Waals surface area contributed by atoms with Crippen molar-refractivity contribution in [1.82, 2.24) is 0 Å². The highest BCUT2D eigenvalue weighted by molar-refractivity contribution is 6.53. The molecule has 0 aromatic rings. The lowest BCUT2D eigenvalue weighted by Crippen LogP contribution is -2.49. The van der Waals surface area contributed by atoms with Gasteiger partial charge in [-0.3, -0.25) is 0 Å². The van der Waals surface area contributed by atoms with Crippen molar-refractivity contribution in [2.45, 2.75) is 34.6 Å². The molecule has 5 nitrogen and oxygen atoms in total. The van der Waals surface area contributed by atoms with E-state index in [9.17, 15) is 0 Å². The highest BCUT2D eigenvalue weighted by atomic mass is 28.4. The molecule has 0 N–H and O–H groups in total. The van der Waals surface area contributed by atoms with Crippen molar-refractivity contribution in [3.8, 4) is 0 Å². The zero-order valence-corrected chi connectivity index (χ0v) is 11.9. The van der Waals surface area contributed by atoms with E-state index in [-0.39, 0.29) is 0 Å². The molecule has 0 amide bonds. The number of carbonyl (C=O) groups is 1. The van der Waals surface area contributed by atoms with Crippen molar-refractivity contribution in [1.29, 1.82) is 0 Å². The van der Waals surface area contributed by atoms with Crippen LogP contribution in [-0.4, -0.2) is 41.8 Å². The first-order valence-electron chi connectivity index (χ1n) is 5.61. The molecule has 0 fully saturated rings. The maximum absolute atomic E-state index is 8.81. The molecular formula is C10H24O5Si. The van der Waals surface area contributed by atoms with E-state index in [1.807, 2.05) is 27.7 Å². The summed E-state index contributed by atoms with van der Waals surface area (Å²) < 4.78 is 21.7. The summed E-state index contributed by atoms with van der Waals surface area (Å²) in [6.07, 6.45) is 0.750. The smallest absolute Gasteiger partial charge is 0.351 e. The summed E-state index contributed by atoms with van der Waals surface area (Å²) in [7, 11) is -2.80. The van der Waals surface area contributed by atoms with Crippen LogP contribution in [-0.2, 0) is 22.5 Å². The van der Waals surface area contributed by atoms with Crippen molar-refractivity contribution in [2.75, 3.05) is 26.4 Å². The number of hydrogen-bond acceptors (Lipinski definition) is 5. The van der Waals surface area contributed by atoms with Gasteiger partial charge in [0.05, 0.1) is 0 Å². The fourth-order valence-corrected chi connectivity index (χ4v) is 2.87. The van der Waals surface area contributed by atoms with Gasteiger partial charge in [-0.05, 0) is 34.6 Å². The van der Waals surface area contributed by atoms with Crippen molar-refractivity contribution >= 4 is 15.3 Å². The third-order valence-corrected chi connectivity index (χ3v) is 3.85. The summed E-state index contributed by atoms with van der Waals surface area (Å²) in [6, 6.07) is 0. The molecule has 0 atom stereocenters. The van der Waals surface area contributed by atoms with E-state index in [1.165, 1.54) is 6.92 Å². The van der Waals surface area contributed by atoms with Crippen LogP contribution >= 0.6 is 0 Å². The fourth-order valence-electron chi connectivity index (χ4n) is 0.957. The SMILES string of the molecule is CC=O.CCO[Si](OCC)(OCC)OCC. The van der Waals surface area contributed by atoms with E-state index in [1.54, 1.807) is 0 Å². The molecule has 0 aliphatic rings. The summed E-state index contributed by atoms with van der Waals surface area (Å²) in [5, 5.41) is 0. The Morgan fingerprint density at radius 3 is 1.12 bits per heavy atom. The van der Waals surface area contributed by atoms with Crippen LogP contribution in [0.5, 0.6) is 0 Å². The molecule has 0 aromatic carbocycles. The molecule has 0 heterocycles. The molecule has 16 heavy (non-hydrogen) atoms. The normalized spacial score (nSPS) is 10.6. The quantitative estimate of drug-likeness (QED) is 0.487. The third-order valence-electron chi connectivity index (χ3n) is 1.28. The van der Waals surface area contributed by atoms with Gasteiger partial charge in [-0.1, -0.05) is 0 Å². The van der Waals surface area contributed by atoms with Gasteiger partial charge in [0.25, 0.3) is 0 Å². The van der Waals surface area contributed by atoms with Gasteiger partial charge >= 0.3 is 9.05 Å². The van der Waals surface area contributed by atoms with Gasteiger partial charge in [-0.15, -0.1) is 0 Å². The van der Waals surface area contributed by atoms with E-state index >= 15 is 0 Å². The Morgan fingerprint density at radius 1 is 0.812 bits per heavy atom. The minimum Gasteiger partial charge on any atom is -0.351 e. The summed E-state index contributed by atoms with van der Waals surface area (Å²) in [4.78, 5) is 8.81. The number of aldehydes is 1. The highest BCUT2D eigenvalue weighted by Crippen LogP contribution is 2.11. The lowest BCUT2D eigenvalue weighted by molar-refractivity contribution is -0.106. The molecule has 0 aromatic heterocycles. The minimum atomic E-state index is -2.80. The monoisotopic (exact) mass is 252 g/mol. The molecule has 6 heteroatoms. The zero-order valence-electron chi connectivity index (χ0n) is 10.9. The molecule has 0 saturated heterocycles. The molecule has 0 radical (unpaired) electrons. The Hall–Kier alpha value is -0.273. The summed E-state index contributed by atoms with van der Waals surface area (Å²) in [6.45, 7) is 11.2. The van der Waals surface area contributed by atoms with Gasteiger partial charge in [0.1, 0.15) is 6.29 Å². The highest BCUT2D eigenvalue weighted by Gasteiger charge is 2.44. The number of hydrogen-bond donors (Lipinski definition) is 0. The Bertz CT molecular complexity index is 125. The van der Waals surface area contributed by atoms with E-state index in [2.05, 4.69) is 0 Å². The molecule has 98 valence electrons. The predicted octanol–water partition coefficient (Wildman–Crippen LogP) is 1.77. The molecule has 0 bridgehead atoms. The largest absolute Gasteiger partial charge is 0.679 e. The van der Waals surface area contributed by atoms with Gasteiger partial charge in [-0.25, -0.2) is 0 Å². The van der Waals surface area contributed by atoms with E-state index in [4.69, 9.17) is 22.5 Å². The third kappa shape index (κ3) is 8.99. The van der Waals surface area contributed by atoms with Gasteiger partial charge in [0, 0.05) is 26.4 Å². The van der Waals surface area contributed by atoms with Crippen molar-refractivity contribution in [3.05, 3.63) is 0 Å². The molecular weight excluding hydrogens is 228 g/mol. The second-order valence-corrected chi connectivity index (χ2v) is 4.62. The lowest BCUT2D eigenvalue weighted by Gasteiger charge is -2.26. The van der Waals surface area contributed by atoms with Gasteiger partial charge in [-0.2, -0.15) is 0 Å². The van der Waals surface area contributed by atoms with E-state index in [0.29, 0.717) is 26.4 Å². The topological polar surface area (TPSA) is 54.0 Å². The van der Waals surface area contributed by atoms with Gasteiger partial charge in [0.2, 0.25) is 0 Å². The standard InChI is InChI=1S/C8H20O4Si.C2H4O/c1-5-9-13(10-6-2,11-7-3)12-8-4;1-2-3/h5-8H2,1-4H3;2H,1H3. The second kappa shape index (κ2) is 12.8. The van der Waals surface area contributed by atoms with Crippen LogP contribution in [0.4, 0.5) is 0 Å². The summed E-state index contributed by atoms with van der Waals surface area (Å²) >= 11 is 0. The molecule has 0 aliphatic carbocycles. The summed E-state index contributed by atoms with van der Waals surface area (Å²) in [5.74, 6) is 0. The van der Waals surface area contributed by atoms with E-state index < -0.39 is 9.05 Å². The maximum Gasteiger partial charge on any atom is 0.679 e. The average molecular weight is 252 g/mol. The van der Waals surface area contributed by atoms with Crippen LogP contribution in [0.1, 0.15) is 34.6 Å². The average Bonchev–Trinajstić information content (AvgIpc) is 2.20. The van der Waals surface area contributed by atoms with Gasteiger partial charge < -0.3 is 22.5 Å². The Morgan fingerprint density at radius 2 is 1.00 bits per heavy atom. The molecule has 0 rings (SSSR count). The fraction of sp³-hybridized carbons (Fsp3) is 0.900. The van der Waals surface area contributed by atoms with Crippen LogP contribution in [0.15, 0.2) is 0 Å². The minimum absolute atomic E-state index is 0.548. The van der Waals surface area contributed by atoms with Crippen molar-refractivity contribution < 1.29 is 22.5 Å². The Kier molecular flexibility index (Phi) is 14.5. The Labute approximate surface area is 99.5 Å². The van der Waals surface area contributed by atoms with Crippen LogP contribution in [0, 0.1) is 0 Å². The first-order valence-corrected chi connectivity index (χ1v) is 7.25. The van der Waals surface area contributed by atoms with E-state index in [0.717, 1.165) is 6.29 Å². The van der Waals surface area contributed by atoms with Crippen molar-refractivity contribution in [2.24, 2.45) is 0 Å². The van der Waals surface area contributed by atoms with Crippen LogP contribution in [0.3, 0.4) is 0 Å². The summed E-state index contributed by atoms with van der Waals surface area (Å²) in [5.41, 5.74) is 0. The van der Waals surface area contributed by atoms with Crippen molar-refractivity contribution in [3.63, 3.8) is 0 Å². The molecule has 0 saturated carbocycles. The maximum atomic E-state index is 8.81. The Balaban J connectivity index is 0. The molecule has 0 spiro atoms. The zero-order chi connectivity index (χ0) is 12.9. The van der Waals surface area contributed by atoms with Crippen LogP contribution < -0.4 is 0 Å². The first kappa shape index (κ1) is 18.1. The van der Waals surface area contributed by atoms with Crippen LogP contribution in [0.25, 0.3) is 0 Å². The predicted molar refractivity (Wildman–Crippen MR) is 64.0 cm³/mol. The second-order valence-electron chi connectivity index (χ2n) is 2.47. The number of carbonyl (C=O) groups excluding carboxylic acids is 1. The van der Waals surface area contributed by atoms with Gasteiger partial charge in [0.15, 0.2) is 0 Å². The number of rotatable bonds is 8.